The number of hydrogen-bond acceptors (Lipinski definition) is 4. The summed E-state index contributed by atoms with van der Waals surface area (Å²) in [7, 11) is 0. The molecule has 0 aliphatic heterocycles. The smallest absolute Gasteiger partial charge is 0.408 e. The summed E-state index contributed by atoms with van der Waals surface area (Å²) in [6, 6.07) is 13.0. The number of carbonyl (C=O) groups excluding carboxylic acids is 1. The minimum atomic E-state index is -0.511. The molecule has 0 atom stereocenters. The first-order valence-electron chi connectivity index (χ1n) is 6.81. The number of benzene rings is 1. The molecule has 1 aromatic heterocycles. The van der Waals surface area contributed by atoms with Crippen molar-refractivity contribution >= 4 is 11.8 Å². The molecule has 1 heterocycles. The largest absolute Gasteiger partial charge is 0.445 e. The van der Waals surface area contributed by atoms with Crippen molar-refractivity contribution in [2.24, 2.45) is 0 Å². The highest BCUT2D eigenvalue weighted by Gasteiger charge is 2.00. The number of anilines is 1. The van der Waals surface area contributed by atoms with E-state index in [1.165, 1.54) is 0 Å². The van der Waals surface area contributed by atoms with E-state index in [4.69, 9.17) is 10.5 Å². The number of nitrogen functional groups attached to an aromatic ring is 1. The standard InChI is InChI=1S/C17H17N3O2/c1-13-9-10-15(18)16(20-13)8-5-11-19-17(21)22-12-14-6-3-2-4-7-14/h2-4,6-7,9-10H,11-12,18H2,1H3,(H,19,21). The van der Waals surface area contributed by atoms with E-state index in [-0.39, 0.29) is 13.2 Å². The molecule has 5 heteroatoms. The summed E-state index contributed by atoms with van der Waals surface area (Å²) in [5, 5.41) is 2.55. The highest BCUT2D eigenvalue weighted by atomic mass is 16.5. The molecule has 0 spiro atoms. The van der Waals surface area contributed by atoms with Crippen molar-refractivity contribution in [3.05, 3.63) is 59.4 Å². The van der Waals surface area contributed by atoms with Crippen molar-refractivity contribution in [2.45, 2.75) is 13.5 Å². The first-order chi connectivity index (χ1) is 10.6. The average Bonchev–Trinajstić information content (AvgIpc) is 2.53. The van der Waals surface area contributed by atoms with Gasteiger partial charge in [0.2, 0.25) is 0 Å². The van der Waals surface area contributed by atoms with Crippen LogP contribution >= 0.6 is 0 Å². The maximum absolute atomic E-state index is 11.5. The number of aryl methyl sites for hydroxylation is 1. The second-order valence-corrected chi connectivity index (χ2v) is 4.61. The van der Waals surface area contributed by atoms with E-state index in [1.807, 2.05) is 43.3 Å². The van der Waals surface area contributed by atoms with E-state index < -0.39 is 6.09 Å². The Balaban J connectivity index is 1.78. The summed E-state index contributed by atoms with van der Waals surface area (Å²) in [4.78, 5) is 15.7. The van der Waals surface area contributed by atoms with Gasteiger partial charge >= 0.3 is 6.09 Å². The highest BCUT2D eigenvalue weighted by Crippen LogP contribution is 2.07. The van der Waals surface area contributed by atoms with Gasteiger partial charge in [0.25, 0.3) is 0 Å². The summed E-state index contributed by atoms with van der Waals surface area (Å²) in [5.74, 6) is 5.62. The predicted octanol–water partition coefficient (Wildman–Crippen LogP) is 2.25. The first-order valence-corrected chi connectivity index (χ1v) is 6.81. The van der Waals surface area contributed by atoms with Gasteiger partial charge in [0.1, 0.15) is 12.3 Å². The fourth-order valence-electron chi connectivity index (χ4n) is 1.69. The molecule has 2 rings (SSSR count). The lowest BCUT2D eigenvalue weighted by atomic mass is 10.2. The topological polar surface area (TPSA) is 77.2 Å². The monoisotopic (exact) mass is 295 g/mol. The molecule has 0 radical (unpaired) electrons. The molecule has 5 nitrogen and oxygen atoms in total. The summed E-state index contributed by atoms with van der Waals surface area (Å²) < 4.78 is 5.07. The van der Waals surface area contributed by atoms with Crippen LogP contribution in [0.3, 0.4) is 0 Å². The maximum Gasteiger partial charge on any atom is 0.408 e. The molecular formula is C17H17N3O2. The Kier molecular flexibility index (Phi) is 5.38. The van der Waals surface area contributed by atoms with E-state index in [9.17, 15) is 4.79 Å². The number of aromatic nitrogens is 1. The van der Waals surface area contributed by atoms with Crippen LogP contribution in [0.4, 0.5) is 10.5 Å². The molecule has 0 aliphatic rings. The number of carbonyl (C=O) groups is 1. The van der Waals surface area contributed by atoms with Gasteiger partial charge < -0.3 is 15.8 Å². The number of pyridine rings is 1. The molecule has 1 amide bonds. The third-order valence-corrected chi connectivity index (χ3v) is 2.81. The van der Waals surface area contributed by atoms with Crippen molar-refractivity contribution in [1.82, 2.24) is 10.3 Å². The van der Waals surface area contributed by atoms with Gasteiger partial charge in [-0.25, -0.2) is 9.78 Å². The van der Waals surface area contributed by atoms with Crippen molar-refractivity contribution in [3.8, 4) is 11.8 Å². The number of hydrogen-bond donors (Lipinski definition) is 2. The van der Waals surface area contributed by atoms with Gasteiger partial charge in [-0.3, -0.25) is 0 Å². The van der Waals surface area contributed by atoms with Gasteiger partial charge in [-0.05, 0) is 30.5 Å². The van der Waals surface area contributed by atoms with E-state index in [1.54, 1.807) is 6.07 Å². The summed E-state index contributed by atoms with van der Waals surface area (Å²) >= 11 is 0. The lowest BCUT2D eigenvalue weighted by molar-refractivity contribution is 0.141. The minimum Gasteiger partial charge on any atom is -0.445 e. The van der Waals surface area contributed by atoms with Crippen LogP contribution in [0.1, 0.15) is 17.0 Å². The zero-order valence-corrected chi connectivity index (χ0v) is 12.3. The van der Waals surface area contributed by atoms with Crippen LogP contribution in [-0.4, -0.2) is 17.6 Å². The van der Waals surface area contributed by atoms with E-state index in [2.05, 4.69) is 22.1 Å². The molecule has 0 aliphatic carbocycles. The van der Waals surface area contributed by atoms with Crippen LogP contribution in [-0.2, 0) is 11.3 Å². The summed E-state index contributed by atoms with van der Waals surface area (Å²) in [5.41, 5.74) is 8.57. The number of nitrogens with two attached hydrogens (primary N) is 1. The second kappa shape index (κ2) is 7.70. The molecule has 2 aromatic rings. The Labute approximate surface area is 129 Å². The number of nitrogens with zero attached hydrogens (tertiary/aromatic N) is 1. The Morgan fingerprint density at radius 3 is 2.82 bits per heavy atom. The Bertz CT molecular complexity index is 703. The third-order valence-electron chi connectivity index (χ3n) is 2.81. The van der Waals surface area contributed by atoms with Crippen LogP contribution < -0.4 is 11.1 Å². The van der Waals surface area contributed by atoms with Crippen LogP contribution in [0.2, 0.25) is 0 Å². The minimum absolute atomic E-state index is 0.169. The molecule has 0 saturated carbocycles. The summed E-state index contributed by atoms with van der Waals surface area (Å²) in [6.07, 6.45) is -0.511. The Morgan fingerprint density at radius 2 is 2.05 bits per heavy atom. The van der Waals surface area contributed by atoms with Crippen molar-refractivity contribution in [2.75, 3.05) is 12.3 Å². The number of alkyl carbamates (subject to hydrolysis) is 1. The number of ether oxygens (including phenoxy) is 1. The van der Waals surface area contributed by atoms with Gasteiger partial charge in [0.15, 0.2) is 0 Å². The zero-order chi connectivity index (χ0) is 15.8. The van der Waals surface area contributed by atoms with E-state index in [0.29, 0.717) is 11.4 Å². The molecular weight excluding hydrogens is 278 g/mol. The van der Waals surface area contributed by atoms with Gasteiger partial charge in [0, 0.05) is 5.69 Å². The quantitative estimate of drug-likeness (QED) is 0.851. The maximum atomic E-state index is 11.5. The first kappa shape index (κ1) is 15.4. The third kappa shape index (κ3) is 4.84. The van der Waals surface area contributed by atoms with Crippen molar-refractivity contribution in [1.29, 1.82) is 0 Å². The second-order valence-electron chi connectivity index (χ2n) is 4.61. The van der Waals surface area contributed by atoms with Gasteiger partial charge in [0.05, 0.1) is 12.2 Å². The highest BCUT2D eigenvalue weighted by molar-refractivity contribution is 5.67. The van der Waals surface area contributed by atoms with Crippen LogP contribution in [0.15, 0.2) is 42.5 Å². The lowest BCUT2D eigenvalue weighted by Gasteiger charge is -2.04. The molecule has 0 unspecified atom stereocenters. The van der Waals surface area contributed by atoms with E-state index >= 15 is 0 Å². The molecule has 0 fully saturated rings. The van der Waals surface area contributed by atoms with Crippen molar-refractivity contribution < 1.29 is 9.53 Å². The molecule has 0 bridgehead atoms. The van der Waals surface area contributed by atoms with Gasteiger partial charge in [-0.1, -0.05) is 36.3 Å². The molecule has 1 aromatic carbocycles. The molecule has 0 saturated heterocycles. The van der Waals surface area contributed by atoms with Crippen molar-refractivity contribution in [3.63, 3.8) is 0 Å². The molecule has 22 heavy (non-hydrogen) atoms. The fourth-order valence-corrected chi connectivity index (χ4v) is 1.69. The average molecular weight is 295 g/mol. The predicted molar refractivity (Wildman–Crippen MR) is 84.9 cm³/mol. The normalized spacial score (nSPS) is 9.50. The Hall–Kier alpha value is -3.00. The van der Waals surface area contributed by atoms with E-state index in [0.717, 1.165) is 11.3 Å². The van der Waals surface area contributed by atoms with Crippen LogP contribution in [0, 0.1) is 18.8 Å². The van der Waals surface area contributed by atoms with Crippen LogP contribution in [0.5, 0.6) is 0 Å². The Morgan fingerprint density at radius 1 is 1.27 bits per heavy atom. The number of rotatable bonds is 3. The number of nitrogens with one attached hydrogen (secondary N) is 1. The molecule has 112 valence electrons. The van der Waals surface area contributed by atoms with Gasteiger partial charge in [-0.2, -0.15) is 0 Å². The van der Waals surface area contributed by atoms with Crippen LogP contribution in [0.25, 0.3) is 0 Å². The number of amides is 1. The fraction of sp³-hybridized carbons (Fsp3) is 0.176. The molecule has 3 N–H and O–H groups in total. The SMILES string of the molecule is Cc1ccc(N)c(C#CCNC(=O)OCc2ccccc2)n1. The zero-order valence-electron chi connectivity index (χ0n) is 12.3. The van der Waals surface area contributed by atoms with Gasteiger partial charge in [-0.15, -0.1) is 0 Å². The summed E-state index contributed by atoms with van der Waals surface area (Å²) in [6.45, 7) is 2.26. The lowest BCUT2D eigenvalue weighted by Crippen LogP contribution is -2.24.